The molecular formula is C18H21NO6. The Morgan fingerprint density at radius 3 is 2.84 bits per heavy atom. The van der Waals surface area contributed by atoms with Gasteiger partial charge in [-0.25, -0.2) is 0 Å². The standard InChI is InChI=1S/C18H21NO6/c1-19(10-21)8-7-18-14(23)6-4-12(22)17(18)25-16-13(24-2)5-3-11(9-20)15(16)18/h3,5,9-10,12,17,22H,4,6-8H2,1-2H3/t12-,17-,18-/m0/s1. The first kappa shape index (κ1) is 17.4. The van der Waals surface area contributed by atoms with Crippen molar-refractivity contribution < 1.29 is 29.0 Å². The maximum Gasteiger partial charge on any atom is 0.209 e. The van der Waals surface area contributed by atoms with Crippen LogP contribution < -0.4 is 9.47 Å². The van der Waals surface area contributed by atoms with Gasteiger partial charge in [-0.3, -0.25) is 14.4 Å². The summed E-state index contributed by atoms with van der Waals surface area (Å²) < 4.78 is 11.3. The van der Waals surface area contributed by atoms with Gasteiger partial charge in [-0.15, -0.1) is 0 Å². The van der Waals surface area contributed by atoms with Crippen LogP contribution in [-0.4, -0.2) is 61.4 Å². The smallest absolute Gasteiger partial charge is 0.209 e. The molecule has 25 heavy (non-hydrogen) atoms. The Balaban J connectivity index is 2.20. The van der Waals surface area contributed by atoms with E-state index in [0.29, 0.717) is 48.3 Å². The lowest BCUT2D eigenvalue weighted by Crippen LogP contribution is -2.56. The normalized spacial score (nSPS) is 27.1. The topological polar surface area (TPSA) is 93.1 Å². The minimum Gasteiger partial charge on any atom is -0.493 e. The number of carbonyl (C=O) groups is 3. The molecule has 0 saturated heterocycles. The number of nitrogens with zero attached hydrogens (tertiary/aromatic N) is 1. The molecule has 7 heteroatoms. The van der Waals surface area contributed by atoms with Crippen molar-refractivity contribution in [3.05, 3.63) is 23.3 Å². The molecular weight excluding hydrogens is 326 g/mol. The van der Waals surface area contributed by atoms with E-state index in [-0.39, 0.29) is 18.6 Å². The van der Waals surface area contributed by atoms with Crippen LogP contribution in [0.3, 0.4) is 0 Å². The molecule has 1 saturated carbocycles. The van der Waals surface area contributed by atoms with E-state index >= 15 is 0 Å². The van der Waals surface area contributed by atoms with Crippen LogP contribution in [0.4, 0.5) is 0 Å². The number of hydrogen-bond acceptors (Lipinski definition) is 6. The molecule has 0 spiro atoms. The maximum absolute atomic E-state index is 13.0. The first-order valence-corrected chi connectivity index (χ1v) is 8.19. The zero-order valence-corrected chi connectivity index (χ0v) is 14.2. The van der Waals surface area contributed by atoms with Crippen molar-refractivity contribution in [2.24, 2.45) is 0 Å². The molecule has 1 aliphatic heterocycles. The van der Waals surface area contributed by atoms with E-state index in [1.807, 2.05) is 0 Å². The SMILES string of the molecule is COc1ccc(C=O)c2c1O[C@H]1[C@@H](O)CCC(=O)[C@@]21CCN(C)C=O. The van der Waals surface area contributed by atoms with Crippen LogP contribution in [0, 0.1) is 0 Å². The van der Waals surface area contributed by atoms with E-state index in [0.717, 1.165) is 0 Å². The van der Waals surface area contributed by atoms with Gasteiger partial charge in [0.25, 0.3) is 0 Å². The number of Topliss-reactive ketones (excluding diaryl/α,β-unsaturated/α-hetero) is 1. The molecule has 2 aliphatic rings. The van der Waals surface area contributed by atoms with E-state index in [1.54, 1.807) is 19.2 Å². The van der Waals surface area contributed by atoms with Crippen molar-refractivity contribution in [2.75, 3.05) is 20.7 Å². The molecule has 3 rings (SSSR count). The summed E-state index contributed by atoms with van der Waals surface area (Å²) in [5, 5.41) is 10.5. The van der Waals surface area contributed by atoms with Gasteiger partial charge in [-0.2, -0.15) is 0 Å². The van der Waals surface area contributed by atoms with Gasteiger partial charge in [0.2, 0.25) is 6.41 Å². The minimum atomic E-state index is -1.16. The van der Waals surface area contributed by atoms with Crippen molar-refractivity contribution in [2.45, 2.75) is 36.9 Å². The van der Waals surface area contributed by atoms with Crippen molar-refractivity contribution in [3.63, 3.8) is 0 Å². The lowest BCUT2D eigenvalue weighted by Gasteiger charge is -2.40. The lowest BCUT2D eigenvalue weighted by molar-refractivity contribution is -0.137. The molecule has 7 nitrogen and oxygen atoms in total. The fraction of sp³-hybridized carbons (Fsp3) is 0.500. The molecule has 134 valence electrons. The summed E-state index contributed by atoms with van der Waals surface area (Å²) >= 11 is 0. The number of ether oxygens (including phenoxy) is 2. The first-order valence-electron chi connectivity index (χ1n) is 8.19. The van der Waals surface area contributed by atoms with Gasteiger partial charge in [-0.05, 0) is 25.0 Å². The van der Waals surface area contributed by atoms with Crippen LogP contribution in [-0.2, 0) is 15.0 Å². The molecule has 3 atom stereocenters. The second-order valence-corrected chi connectivity index (χ2v) is 6.55. The number of hydrogen-bond donors (Lipinski definition) is 1. The van der Waals surface area contributed by atoms with Gasteiger partial charge in [-0.1, -0.05) is 0 Å². The fourth-order valence-corrected chi connectivity index (χ4v) is 3.96. The molecule has 0 radical (unpaired) electrons. The molecule has 0 aromatic heterocycles. The molecule has 1 aromatic carbocycles. The number of rotatable bonds is 6. The third kappa shape index (κ3) is 2.50. The molecule has 0 bridgehead atoms. The van der Waals surface area contributed by atoms with Crippen molar-refractivity contribution in [3.8, 4) is 11.5 Å². The summed E-state index contributed by atoms with van der Waals surface area (Å²) in [6, 6.07) is 3.21. The first-order chi connectivity index (χ1) is 12.0. The Bertz CT molecular complexity index is 718. The Morgan fingerprint density at radius 1 is 1.44 bits per heavy atom. The number of ketones is 1. The van der Waals surface area contributed by atoms with Gasteiger partial charge in [0, 0.05) is 31.1 Å². The Hall–Kier alpha value is -2.41. The minimum absolute atomic E-state index is 0.0859. The average Bonchev–Trinajstić information content (AvgIpc) is 2.99. The van der Waals surface area contributed by atoms with Crippen LogP contribution in [0.25, 0.3) is 0 Å². The molecule has 1 aliphatic carbocycles. The fourth-order valence-electron chi connectivity index (χ4n) is 3.96. The van der Waals surface area contributed by atoms with Crippen molar-refractivity contribution in [1.29, 1.82) is 0 Å². The summed E-state index contributed by atoms with van der Waals surface area (Å²) in [6.45, 7) is 0.302. The quantitative estimate of drug-likeness (QED) is 0.762. The highest BCUT2D eigenvalue weighted by Gasteiger charge is 2.60. The summed E-state index contributed by atoms with van der Waals surface area (Å²) in [4.78, 5) is 37.0. The number of carbonyl (C=O) groups excluding carboxylic acids is 3. The van der Waals surface area contributed by atoms with Gasteiger partial charge in [0.1, 0.15) is 11.9 Å². The van der Waals surface area contributed by atoms with Gasteiger partial charge in [0.05, 0.1) is 18.6 Å². The average molecular weight is 347 g/mol. The highest BCUT2D eigenvalue weighted by Crippen LogP contribution is 2.54. The van der Waals surface area contributed by atoms with E-state index in [4.69, 9.17) is 9.47 Å². The Morgan fingerprint density at radius 2 is 2.20 bits per heavy atom. The number of aliphatic hydroxyl groups excluding tert-OH is 1. The maximum atomic E-state index is 13.0. The molecule has 1 aromatic rings. The summed E-state index contributed by atoms with van der Waals surface area (Å²) in [5.41, 5.74) is -0.348. The van der Waals surface area contributed by atoms with E-state index < -0.39 is 17.6 Å². The highest BCUT2D eigenvalue weighted by molar-refractivity contribution is 5.97. The predicted molar refractivity (Wildman–Crippen MR) is 88.0 cm³/mol. The lowest BCUT2D eigenvalue weighted by atomic mass is 9.63. The zero-order valence-electron chi connectivity index (χ0n) is 14.2. The van der Waals surface area contributed by atoms with Crippen LogP contribution in [0.15, 0.2) is 12.1 Å². The van der Waals surface area contributed by atoms with Crippen LogP contribution >= 0.6 is 0 Å². The molecule has 1 amide bonds. The summed E-state index contributed by atoms with van der Waals surface area (Å²) in [5.74, 6) is 0.662. The molecule has 1 N–H and O–H groups in total. The van der Waals surface area contributed by atoms with Gasteiger partial charge in [0.15, 0.2) is 17.8 Å². The van der Waals surface area contributed by atoms with E-state index in [2.05, 4.69) is 0 Å². The monoisotopic (exact) mass is 347 g/mol. The number of aliphatic hydroxyl groups is 1. The van der Waals surface area contributed by atoms with Gasteiger partial charge >= 0.3 is 0 Å². The van der Waals surface area contributed by atoms with Crippen LogP contribution in [0.5, 0.6) is 11.5 Å². The number of amides is 1. The largest absolute Gasteiger partial charge is 0.493 e. The van der Waals surface area contributed by atoms with Crippen LogP contribution in [0.1, 0.15) is 35.2 Å². The van der Waals surface area contributed by atoms with E-state index in [9.17, 15) is 19.5 Å². The highest BCUT2D eigenvalue weighted by atomic mass is 16.5. The summed E-state index contributed by atoms with van der Waals surface area (Å²) in [7, 11) is 3.10. The van der Waals surface area contributed by atoms with Gasteiger partial charge < -0.3 is 19.5 Å². The zero-order chi connectivity index (χ0) is 18.2. The molecule has 0 unspecified atom stereocenters. The number of fused-ring (bicyclic) bond motifs is 3. The Labute approximate surface area is 145 Å². The van der Waals surface area contributed by atoms with Crippen molar-refractivity contribution in [1.82, 2.24) is 4.90 Å². The molecule has 1 heterocycles. The second kappa shape index (κ2) is 6.48. The number of methoxy groups -OCH3 is 1. The third-order valence-electron chi connectivity index (χ3n) is 5.23. The third-order valence-corrected chi connectivity index (χ3v) is 5.23. The number of aldehydes is 1. The second-order valence-electron chi connectivity index (χ2n) is 6.55. The molecule has 1 fully saturated rings. The number of benzene rings is 1. The predicted octanol–water partition coefficient (Wildman–Crippen LogP) is 0.709. The Kier molecular flexibility index (Phi) is 4.51. The van der Waals surface area contributed by atoms with Crippen LogP contribution in [0.2, 0.25) is 0 Å². The van der Waals surface area contributed by atoms with Crippen molar-refractivity contribution >= 4 is 18.5 Å². The summed E-state index contributed by atoms with van der Waals surface area (Å²) in [6.07, 6.45) is 0.503. The van der Waals surface area contributed by atoms with E-state index in [1.165, 1.54) is 12.0 Å².